The fourth-order valence-corrected chi connectivity index (χ4v) is 2.93. The van der Waals surface area contributed by atoms with E-state index >= 15 is 0 Å². The Morgan fingerprint density at radius 1 is 1.74 bits per heavy atom. The second-order valence-corrected chi connectivity index (χ2v) is 5.75. The fourth-order valence-electron chi connectivity index (χ4n) is 2.02. The second kappa shape index (κ2) is 4.37. The lowest BCUT2D eigenvalue weighted by molar-refractivity contribution is -0.138. The Bertz CT molecular complexity index is 530. The van der Waals surface area contributed by atoms with Crippen LogP contribution in [0.25, 0.3) is 0 Å². The fraction of sp³-hybridized carbons (Fsp3) is 0.455. The molecule has 1 amide bonds. The van der Waals surface area contributed by atoms with Gasteiger partial charge in [-0.3, -0.25) is 9.59 Å². The van der Waals surface area contributed by atoms with Crippen molar-refractivity contribution in [3.8, 4) is 0 Å². The van der Waals surface area contributed by atoms with Gasteiger partial charge in [0.15, 0.2) is 10.8 Å². The molecule has 0 bridgehead atoms. The molecule has 100 valence electrons. The predicted molar refractivity (Wildman–Crippen MR) is 68.8 cm³/mol. The lowest BCUT2D eigenvalue weighted by Crippen LogP contribution is -2.26. The van der Waals surface area contributed by atoms with Crippen LogP contribution in [0.5, 0.6) is 0 Å². The number of nitrogens with zero attached hydrogens (tertiary/aromatic N) is 2. The summed E-state index contributed by atoms with van der Waals surface area (Å²) in [6, 6.07) is 0. The highest BCUT2D eigenvalue weighted by molar-refractivity contribution is 8.15. The van der Waals surface area contributed by atoms with E-state index in [1.54, 1.807) is 12.5 Å². The quantitative estimate of drug-likeness (QED) is 0.571. The largest absolute Gasteiger partial charge is 0.489 e. The van der Waals surface area contributed by atoms with Gasteiger partial charge in [-0.25, -0.2) is 0 Å². The molecule has 0 aromatic carbocycles. The van der Waals surface area contributed by atoms with Crippen molar-refractivity contribution in [2.45, 2.75) is 23.7 Å². The number of amides is 1. The average molecular weight is 281 g/mol. The summed E-state index contributed by atoms with van der Waals surface area (Å²) in [6.45, 7) is 0. The highest BCUT2D eigenvalue weighted by Gasteiger charge is 2.57. The van der Waals surface area contributed by atoms with Crippen molar-refractivity contribution >= 4 is 35.0 Å². The summed E-state index contributed by atoms with van der Waals surface area (Å²) in [5.74, 6) is -0.979. The summed E-state index contributed by atoms with van der Waals surface area (Å²) < 4.78 is 5.40. The molecule has 3 rings (SSSR count). The highest BCUT2D eigenvalue weighted by Crippen LogP contribution is 2.50. The van der Waals surface area contributed by atoms with E-state index in [9.17, 15) is 9.59 Å². The minimum Gasteiger partial charge on any atom is -0.489 e. The molecular weight excluding hydrogens is 270 g/mol. The number of carbonyl (C=O) groups is 2. The molecule has 2 N–H and O–H groups in total. The van der Waals surface area contributed by atoms with Gasteiger partial charge in [-0.1, -0.05) is 11.8 Å². The third-order valence-corrected chi connectivity index (χ3v) is 4.24. The number of carboxylic acids is 1. The summed E-state index contributed by atoms with van der Waals surface area (Å²) >= 11 is 1.08. The van der Waals surface area contributed by atoms with Crippen LogP contribution in [-0.4, -0.2) is 39.2 Å². The first kappa shape index (κ1) is 12.2. The number of fused-ring (bicyclic) bond motifs is 1. The van der Waals surface area contributed by atoms with Crippen molar-refractivity contribution in [2.24, 2.45) is 16.1 Å². The summed E-state index contributed by atoms with van der Waals surface area (Å²) in [5, 5.41) is 18.6. The van der Waals surface area contributed by atoms with Crippen LogP contribution in [0.1, 0.15) is 12.8 Å². The van der Waals surface area contributed by atoms with Gasteiger partial charge in [0, 0.05) is 12.3 Å². The van der Waals surface area contributed by atoms with E-state index in [2.05, 4.69) is 15.5 Å². The van der Waals surface area contributed by atoms with Gasteiger partial charge < -0.3 is 15.2 Å². The molecule has 2 fully saturated rings. The Labute approximate surface area is 112 Å². The zero-order chi connectivity index (χ0) is 13.5. The number of aliphatic carboxylic acids is 1. The smallest absolute Gasteiger partial charge is 0.305 e. The first-order chi connectivity index (χ1) is 9.09. The molecule has 1 aliphatic carbocycles. The topological polar surface area (TPSA) is 100 Å². The van der Waals surface area contributed by atoms with Gasteiger partial charge in [-0.15, -0.1) is 5.10 Å². The molecule has 0 radical (unpaired) electrons. The van der Waals surface area contributed by atoms with Crippen LogP contribution in [0.4, 0.5) is 0 Å². The Morgan fingerprint density at radius 2 is 2.58 bits per heavy atom. The van der Waals surface area contributed by atoms with Crippen molar-refractivity contribution in [2.75, 3.05) is 0 Å². The minimum absolute atomic E-state index is 0.224. The summed E-state index contributed by atoms with van der Waals surface area (Å²) in [5.41, 5.74) is -0.336. The SMILES string of the molecule is O=C(O)CC1S/C(=N/N=C/C23CC2C=CO3)NC1=O. The number of carbonyl (C=O) groups excluding carboxylic acids is 1. The molecule has 1 saturated heterocycles. The highest BCUT2D eigenvalue weighted by atomic mass is 32.2. The van der Waals surface area contributed by atoms with E-state index in [0.717, 1.165) is 18.2 Å². The lowest BCUT2D eigenvalue weighted by atomic mass is 10.3. The van der Waals surface area contributed by atoms with Crippen LogP contribution in [0, 0.1) is 5.92 Å². The number of rotatable bonds is 4. The zero-order valence-corrected chi connectivity index (χ0v) is 10.6. The maximum Gasteiger partial charge on any atom is 0.305 e. The third kappa shape index (κ3) is 2.35. The summed E-state index contributed by atoms with van der Waals surface area (Å²) in [7, 11) is 0. The first-order valence-electron chi connectivity index (χ1n) is 5.75. The number of hydrogen-bond acceptors (Lipinski definition) is 6. The molecule has 0 spiro atoms. The molecule has 3 atom stereocenters. The molecule has 1 saturated carbocycles. The molecule has 19 heavy (non-hydrogen) atoms. The van der Waals surface area contributed by atoms with Gasteiger partial charge >= 0.3 is 5.97 Å². The van der Waals surface area contributed by atoms with E-state index < -0.39 is 11.2 Å². The minimum atomic E-state index is -1.01. The molecule has 3 unspecified atom stereocenters. The van der Waals surface area contributed by atoms with Gasteiger partial charge in [0.05, 0.1) is 18.9 Å². The zero-order valence-electron chi connectivity index (χ0n) is 9.78. The Kier molecular flexibility index (Phi) is 2.81. The van der Waals surface area contributed by atoms with Gasteiger partial charge in [0.2, 0.25) is 5.91 Å². The van der Waals surface area contributed by atoms with Crippen LogP contribution in [-0.2, 0) is 14.3 Å². The van der Waals surface area contributed by atoms with Crippen molar-refractivity contribution in [1.29, 1.82) is 0 Å². The summed E-state index contributed by atoms with van der Waals surface area (Å²) in [6.07, 6.45) is 5.94. The van der Waals surface area contributed by atoms with Crippen LogP contribution < -0.4 is 5.32 Å². The van der Waals surface area contributed by atoms with Gasteiger partial charge in [0.25, 0.3) is 0 Å². The van der Waals surface area contributed by atoms with Gasteiger partial charge in [-0.2, -0.15) is 5.10 Å². The van der Waals surface area contributed by atoms with E-state index in [4.69, 9.17) is 9.84 Å². The lowest BCUT2D eigenvalue weighted by Gasteiger charge is -2.03. The monoisotopic (exact) mass is 281 g/mol. The second-order valence-electron chi connectivity index (χ2n) is 4.56. The molecule has 0 aromatic rings. The number of hydrogen-bond donors (Lipinski definition) is 2. The Morgan fingerprint density at radius 3 is 3.21 bits per heavy atom. The van der Waals surface area contributed by atoms with E-state index in [1.807, 2.05) is 6.08 Å². The number of thioether (sulfide) groups is 1. The molecular formula is C11H11N3O4S. The van der Waals surface area contributed by atoms with E-state index in [0.29, 0.717) is 11.1 Å². The molecule has 2 heterocycles. The van der Waals surface area contributed by atoms with Crippen LogP contribution in [0.2, 0.25) is 0 Å². The third-order valence-electron chi connectivity index (χ3n) is 3.17. The van der Waals surface area contributed by atoms with Crippen molar-refractivity contribution in [3.05, 3.63) is 12.3 Å². The van der Waals surface area contributed by atoms with Gasteiger partial charge in [-0.05, 0) is 6.08 Å². The van der Waals surface area contributed by atoms with Crippen molar-refractivity contribution in [1.82, 2.24) is 5.32 Å². The number of nitrogens with one attached hydrogen (secondary N) is 1. The van der Waals surface area contributed by atoms with Crippen molar-refractivity contribution in [3.63, 3.8) is 0 Å². The van der Waals surface area contributed by atoms with Crippen LogP contribution in [0.3, 0.4) is 0 Å². The van der Waals surface area contributed by atoms with Crippen molar-refractivity contribution < 1.29 is 19.4 Å². The van der Waals surface area contributed by atoms with Gasteiger partial charge in [0.1, 0.15) is 5.25 Å². The van der Waals surface area contributed by atoms with Crippen LogP contribution in [0.15, 0.2) is 22.5 Å². The number of ether oxygens (including phenoxy) is 1. The number of carboxylic acid groups (broad SMARTS) is 1. The number of amidine groups is 1. The maximum atomic E-state index is 11.4. The molecule has 3 aliphatic rings. The Balaban J connectivity index is 1.58. The maximum absolute atomic E-state index is 11.4. The molecule has 2 aliphatic heterocycles. The van der Waals surface area contributed by atoms with E-state index in [1.165, 1.54) is 0 Å². The van der Waals surface area contributed by atoms with Crippen LogP contribution >= 0.6 is 11.8 Å². The molecule has 0 aromatic heterocycles. The predicted octanol–water partition coefficient (Wildman–Crippen LogP) is 0.337. The molecule has 7 nitrogen and oxygen atoms in total. The Hall–Kier alpha value is -1.83. The average Bonchev–Trinajstić information content (AvgIpc) is 2.69. The summed E-state index contributed by atoms with van der Waals surface area (Å²) in [4.78, 5) is 22.0. The van der Waals surface area contributed by atoms with E-state index in [-0.39, 0.29) is 17.9 Å². The normalized spacial score (nSPS) is 37.5. The standard InChI is InChI=1S/C11H11N3O4S/c15-8(16)3-7-9(17)13-10(19-7)14-12-5-11-4-6(11)1-2-18-11/h1-2,5-7H,3-4H2,(H,15,16)(H,13,14,17)/b12-5+. The first-order valence-corrected chi connectivity index (χ1v) is 6.63. The molecule has 8 heteroatoms.